The van der Waals surface area contributed by atoms with Gasteiger partial charge in [-0.15, -0.1) is 0 Å². The van der Waals surface area contributed by atoms with Gasteiger partial charge < -0.3 is 14.8 Å². The third-order valence-electron chi connectivity index (χ3n) is 4.04. The molecule has 26 heavy (non-hydrogen) atoms. The van der Waals surface area contributed by atoms with Crippen molar-refractivity contribution in [1.82, 2.24) is 19.9 Å². The molecule has 0 fully saturated rings. The van der Waals surface area contributed by atoms with Crippen LogP contribution in [0.3, 0.4) is 0 Å². The van der Waals surface area contributed by atoms with Gasteiger partial charge in [0.05, 0.1) is 0 Å². The fourth-order valence-corrected chi connectivity index (χ4v) is 2.74. The van der Waals surface area contributed by atoms with Crippen molar-refractivity contribution < 1.29 is 14.3 Å². The third kappa shape index (κ3) is 3.51. The van der Waals surface area contributed by atoms with E-state index in [1.165, 1.54) is 0 Å². The van der Waals surface area contributed by atoms with E-state index in [4.69, 9.17) is 9.47 Å². The Morgan fingerprint density at radius 1 is 1.15 bits per heavy atom. The minimum absolute atomic E-state index is 0.204. The van der Waals surface area contributed by atoms with Crippen molar-refractivity contribution in [3.8, 4) is 17.3 Å². The van der Waals surface area contributed by atoms with Gasteiger partial charge in [0.2, 0.25) is 0 Å². The van der Waals surface area contributed by atoms with Crippen molar-refractivity contribution in [2.45, 2.75) is 6.42 Å². The van der Waals surface area contributed by atoms with E-state index in [1.807, 2.05) is 24.3 Å². The lowest BCUT2D eigenvalue weighted by Crippen LogP contribution is -2.26. The maximum absolute atomic E-state index is 12.3. The molecular formula is C19H18N4O3. The number of imidazole rings is 1. The first-order valence-corrected chi connectivity index (χ1v) is 8.42. The number of rotatable bonds is 5. The second-order valence-corrected chi connectivity index (χ2v) is 5.83. The second-order valence-electron chi connectivity index (χ2n) is 5.83. The monoisotopic (exact) mass is 350 g/mol. The van der Waals surface area contributed by atoms with E-state index in [2.05, 4.69) is 15.3 Å². The van der Waals surface area contributed by atoms with Crippen LogP contribution in [0.1, 0.15) is 16.1 Å². The van der Waals surface area contributed by atoms with Crippen LogP contribution in [0.2, 0.25) is 0 Å². The van der Waals surface area contributed by atoms with E-state index < -0.39 is 0 Å². The molecule has 0 radical (unpaired) electrons. The van der Waals surface area contributed by atoms with Crippen molar-refractivity contribution in [2.24, 2.45) is 0 Å². The average molecular weight is 350 g/mol. The molecule has 0 atom stereocenters. The summed E-state index contributed by atoms with van der Waals surface area (Å²) in [5.74, 6) is 1.98. The molecule has 0 unspecified atom stereocenters. The summed E-state index contributed by atoms with van der Waals surface area (Å²) in [6.45, 7) is 1.65. The summed E-state index contributed by atoms with van der Waals surface area (Å²) in [4.78, 5) is 20.7. The second kappa shape index (κ2) is 7.26. The summed E-state index contributed by atoms with van der Waals surface area (Å²) in [7, 11) is 0. The number of benzene rings is 1. The van der Waals surface area contributed by atoms with E-state index >= 15 is 0 Å². The van der Waals surface area contributed by atoms with Gasteiger partial charge in [-0.3, -0.25) is 9.36 Å². The van der Waals surface area contributed by atoms with Crippen LogP contribution in [0.15, 0.2) is 55.1 Å². The molecule has 1 amide bonds. The summed E-state index contributed by atoms with van der Waals surface area (Å²) in [5.41, 5.74) is 1.45. The Morgan fingerprint density at radius 3 is 2.88 bits per heavy atom. The molecule has 1 aromatic carbocycles. The summed E-state index contributed by atoms with van der Waals surface area (Å²) in [5, 5.41) is 2.90. The molecule has 3 aromatic rings. The minimum Gasteiger partial charge on any atom is -0.486 e. The topological polar surface area (TPSA) is 78.3 Å². The summed E-state index contributed by atoms with van der Waals surface area (Å²) >= 11 is 0. The normalized spacial score (nSPS) is 12.6. The quantitative estimate of drug-likeness (QED) is 0.762. The minimum atomic E-state index is -0.204. The number of nitrogens with zero attached hydrogens (tertiary/aromatic N) is 3. The highest BCUT2D eigenvalue weighted by atomic mass is 16.6. The standard InChI is InChI=1S/C19H18N4O3/c24-19(15-2-1-3-18(22-15)23-9-8-20-13-23)21-7-6-14-4-5-16-17(12-14)26-11-10-25-16/h1-5,8-9,12-13H,6-7,10-11H2,(H,21,24). The lowest BCUT2D eigenvalue weighted by molar-refractivity contribution is 0.0949. The van der Waals surface area contributed by atoms with Crippen molar-refractivity contribution in [3.63, 3.8) is 0 Å². The number of ether oxygens (including phenoxy) is 2. The van der Waals surface area contributed by atoms with Gasteiger partial charge in [0.15, 0.2) is 11.5 Å². The van der Waals surface area contributed by atoms with Gasteiger partial charge in [-0.05, 0) is 36.2 Å². The smallest absolute Gasteiger partial charge is 0.269 e. The highest BCUT2D eigenvalue weighted by molar-refractivity contribution is 5.92. The van der Waals surface area contributed by atoms with Gasteiger partial charge in [0, 0.05) is 18.9 Å². The highest BCUT2D eigenvalue weighted by Crippen LogP contribution is 2.30. The molecule has 1 N–H and O–H groups in total. The van der Waals surface area contributed by atoms with E-state index in [0.717, 1.165) is 17.1 Å². The Kier molecular flexibility index (Phi) is 4.51. The van der Waals surface area contributed by atoms with Gasteiger partial charge in [0.1, 0.15) is 31.1 Å². The van der Waals surface area contributed by atoms with Crippen LogP contribution in [0.25, 0.3) is 5.82 Å². The van der Waals surface area contributed by atoms with E-state index in [9.17, 15) is 4.79 Å². The van der Waals surface area contributed by atoms with Crippen molar-refractivity contribution in [1.29, 1.82) is 0 Å². The van der Waals surface area contributed by atoms with Crippen LogP contribution in [-0.4, -0.2) is 40.2 Å². The first-order valence-electron chi connectivity index (χ1n) is 8.42. The van der Waals surface area contributed by atoms with E-state index in [1.54, 1.807) is 35.4 Å². The molecule has 0 spiro atoms. The molecule has 2 aromatic heterocycles. The molecule has 132 valence electrons. The zero-order valence-electron chi connectivity index (χ0n) is 14.1. The van der Waals surface area contributed by atoms with Crippen LogP contribution < -0.4 is 14.8 Å². The fourth-order valence-electron chi connectivity index (χ4n) is 2.74. The number of fused-ring (bicyclic) bond motifs is 1. The zero-order valence-corrected chi connectivity index (χ0v) is 14.1. The van der Waals surface area contributed by atoms with Crippen LogP contribution in [0.4, 0.5) is 0 Å². The van der Waals surface area contributed by atoms with Gasteiger partial charge in [-0.2, -0.15) is 0 Å². The van der Waals surface area contributed by atoms with Gasteiger partial charge in [-0.25, -0.2) is 9.97 Å². The summed E-state index contributed by atoms with van der Waals surface area (Å²) in [6, 6.07) is 11.2. The number of nitrogens with one attached hydrogen (secondary N) is 1. The SMILES string of the molecule is O=C(NCCc1ccc2c(c1)OCCO2)c1cccc(-n2ccnc2)n1. The van der Waals surface area contributed by atoms with E-state index in [-0.39, 0.29) is 5.91 Å². The predicted octanol–water partition coefficient (Wildman–Crippen LogP) is 2.01. The predicted molar refractivity (Wildman–Crippen MR) is 94.8 cm³/mol. The highest BCUT2D eigenvalue weighted by Gasteiger charge is 2.12. The van der Waals surface area contributed by atoms with Gasteiger partial charge in [0.25, 0.3) is 5.91 Å². The van der Waals surface area contributed by atoms with Gasteiger partial charge in [-0.1, -0.05) is 12.1 Å². The lowest BCUT2D eigenvalue weighted by Gasteiger charge is -2.18. The fraction of sp³-hybridized carbons (Fsp3) is 0.211. The molecule has 7 nitrogen and oxygen atoms in total. The molecule has 0 saturated carbocycles. The van der Waals surface area contributed by atoms with Crippen LogP contribution >= 0.6 is 0 Å². The largest absolute Gasteiger partial charge is 0.486 e. The third-order valence-corrected chi connectivity index (χ3v) is 4.04. The maximum atomic E-state index is 12.3. The molecular weight excluding hydrogens is 332 g/mol. The Morgan fingerprint density at radius 2 is 2.04 bits per heavy atom. The molecule has 0 bridgehead atoms. The Balaban J connectivity index is 1.36. The maximum Gasteiger partial charge on any atom is 0.269 e. The molecule has 4 rings (SSSR count). The Hall–Kier alpha value is -3.35. The average Bonchev–Trinajstić information content (AvgIpc) is 3.23. The lowest BCUT2D eigenvalue weighted by atomic mass is 10.1. The number of carbonyl (C=O) groups excluding carboxylic acids is 1. The van der Waals surface area contributed by atoms with Crippen LogP contribution in [-0.2, 0) is 6.42 Å². The van der Waals surface area contributed by atoms with Crippen LogP contribution in [0.5, 0.6) is 11.5 Å². The molecule has 1 aliphatic heterocycles. The van der Waals surface area contributed by atoms with Crippen molar-refractivity contribution in [3.05, 3.63) is 66.4 Å². The number of amides is 1. The molecule has 0 saturated heterocycles. The summed E-state index contributed by atoms with van der Waals surface area (Å²) < 4.78 is 12.8. The number of hydrogen-bond donors (Lipinski definition) is 1. The molecule has 1 aliphatic rings. The van der Waals surface area contributed by atoms with Gasteiger partial charge >= 0.3 is 0 Å². The Bertz CT molecular complexity index is 909. The number of carbonyl (C=O) groups is 1. The Labute approximate surface area is 150 Å². The van der Waals surface area contributed by atoms with Crippen molar-refractivity contribution >= 4 is 5.91 Å². The molecule has 3 heterocycles. The zero-order chi connectivity index (χ0) is 17.8. The first-order chi connectivity index (χ1) is 12.8. The summed E-state index contributed by atoms with van der Waals surface area (Å²) in [6.07, 6.45) is 5.79. The molecule has 7 heteroatoms. The van der Waals surface area contributed by atoms with Crippen LogP contribution in [0, 0.1) is 0 Å². The first kappa shape index (κ1) is 16.1. The molecule has 0 aliphatic carbocycles. The van der Waals surface area contributed by atoms with E-state index in [0.29, 0.717) is 37.7 Å². The number of aromatic nitrogens is 3. The van der Waals surface area contributed by atoms with Crippen molar-refractivity contribution in [2.75, 3.05) is 19.8 Å². The number of pyridine rings is 1. The number of hydrogen-bond acceptors (Lipinski definition) is 5.